The van der Waals surface area contributed by atoms with E-state index < -0.39 is 29.4 Å². The van der Waals surface area contributed by atoms with Gasteiger partial charge < -0.3 is 19.8 Å². The maximum absolute atomic E-state index is 16.9. The van der Waals surface area contributed by atoms with E-state index in [9.17, 15) is 19.0 Å². The number of aliphatic hydroxyl groups is 1. The van der Waals surface area contributed by atoms with Crippen LogP contribution in [-0.4, -0.2) is 80.7 Å². The number of benzene rings is 2. The van der Waals surface area contributed by atoms with Crippen LogP contribution in [0.2, 0.25) is 0 Å². The van der Waals surface area contributed by atoms with Crippen LogP contribution in [0.15, 0.2) is 30.5 Å². The normalized spacial score (nSPS) is 25.8. The summed E-state index contributed by atoms with van der Waals surface area (Å²) >= 11 is 0. The molecule has 11 heteroatoms. The van der Waals surface area contributed by atoms with E-state index in [2.05, 4.69) is 14.9 Å². The predicted molar refractivity (Wildman–Crippen MR) is 169 cm³/mol. The second-order valence-corrected chi connectivity index (χ2v) is 13.9. The highest BCUT2D eigenvalue weighted by molar-refractivity contribution is 6.01. The first-order valence-corrected chi connectivity index (χ1v) is 16.4. The molecule has 1 spiro atoms. The molecule has 1 saturated carbocycles. The molecule has 4 aliphatic rings. The highest BCUT2D eigenvalue weighted by Crippen LogP contribution is 2.49. The zero-order valence-electron chi connectivity index (χ0n) is 25.9. The van der Waals surface area contributed by atoms with Crippen LogP contribution in [0.5, 0.6) is 11.8 Å². The van der Waals surface area contributed by atoms with Crippen molar-refractivity contribution in [1.29, 1.82) is 0 Å². The first-order chi connectivity index (χ1) is 22.2. The number of pyridine rings is 1. The van der Waals surface area contributed by atoms with Crippen LogP contribution in [0, 0.1) is 17.0 Å². The van der Waals surface area contributed by atoms with Crippen molar-refractivity contribution in [3.63, 3.8) is 0 Å². The van der Waals surface area contributed by atoms with Crippen molar-refractivity contribution >= 4 is 27.5 Å². The number of phenols is 1. The number of aromatic hydroxyl groups is 1. The van der Waals surface area contributed by atoms with E-state index in [1.54, 1.807) is 6.07 Å². The summed E-state index contributed by atoms with van der Waals surface area (Å²) < 4.78 is 52.6. The van der Waals surface area contributed by atoms with E-state index in [4.69, 9.17) is 9.72 Å². The monoisotopic (exact) mass is 633 g/mol. The number of phenolic OH excluding ortho intramolecular Hbond substituents is 1. The molecule has 2 aromatic carbocycles. The number of halogens is 3. The summed E-state index contributed by atoms with van der Waals surface area (Å²) in [5.41, 5.74) is 0.0993. The molecule has 3 atom stereocenters. The summed E-state index contributed by atoms with van der Waals surface area (Å²) in [5, 5.41) is 22.9. The van der Waals surface area contributed by atoms with Crippen LogP contribution in [0.4, 0.5) is 19.0 Å². The van der Waals surface area contributed by atoms with Gasteiger partial charge in [0.05, 0.1) is 17.0 Å². The van der Waals surface area contributed by atoms with Gasteiger partial charge in [-0.15, -0.1) is 0 Å². The van der Waals surface area contributed by atoms with Crippen molar-refractivity contribution in [3.05, 3.63) is 47.7 Å². The zero-order chi connectivity index (χ0) is 31.8. The number of piperidine rings is 1. The van der Waals surface area contributed by atoms with Crippen molar-refractivity contribution in [2.45, 2.75) is 76.1 Å². The molecule has 3 saturated heterocycles. The first-order valence-electron chi connectivity index (χ1n) is 16.4. The Balaban J connectivity index is 1.28. The topological polar surface area (TPSA) is 94.8 Å². The predicted octanol–water partition coefficient (Wildman–Crippen LogP) is 6.09. The molecule has 1 unspecified atom stereocenters. The van der Waals surface area contributed by atoms with Gasteiger partial charge in [0.15, 0.2) is 5.82 Å². The maximum Gasteiger partial charge on any atom is 0.319 e. The lowest BCUT2D eigenvalue weighted by Gasteiger charge is -2.50. The molecule has 3 aliphatic heterocycles. The van der Waals surface area contributed by atoms with E-state index in [0.29, 0.717) is 60.0 Å². The smallest absolute Gasteiger partial charge is 0.319 e. The summed E-state index contributed by atoms with van der Waals surface area (Å²) in [4.78, 5) is 18.0. The minimum atomic E-state index is -0.925. The van der Waals surface area contributed by atoms with E-state index in [0.717, 1.165) is 45.1 Å². The Labute approximate surface area is 265 Å². The van der Waals surface area contributed by atoms with Crippen molar-refractivity contribution in [2.24, 2.45) is 5.41 Å². The van der Waals surface area contributed by atoms with Crippen molar-refractivity contribution in [1.82, 2.24) is 19.9 Å². The Hall–Kier alpha value is -3.70. The van der Waals surface area contributed by atoms with Gasteiger partial charge in [0.25, 0.3) is 0 Å². The van der Waals surface area contributed by atoms with Crippen LogP contribution in [0.1, 0.15) is 57.4 Å². The molecule has 5 heterocycles. The number of aryl methyl sites for hydroxylation is 1. The highest BCUT2D eigenvalue weighted by atomic mass is 19.1. The number of hydrogen-bond acceptors (Lipinski definition) is 8. The van der Waals surface area contributed by atoms with Gasteiger partial charge in [-0.25, -0.2) is 13.2 Å². The molecule has 46 heavy (non-hydrogen) atoms. The molecular weight excluding hydrogens is 595 g/mol. The number of aliphatic hydroxyl groups excluding tert-OH is 1. The summed E-state index contributed by atoms with van der Waals surface area (Å²) in [6, 6.07) is 5.82. The van der Waals surface area contributed by atoms with E-state index in [1.165, 1.54) is 24.4 Å². The third kappa shape index (κ3) is 4.76. The largest absolute Gasteiger partial charge is 0.508 e. The molecule has 0 bridgehead atoms. The van der Waals surface area contributed by atoms with Gasteiger partial charge in [-0.2, -0.15) is 9.97 Å². The van der Waals surface area contributed by atoms with E-state index in [-0.39, 0.29) is 40.6 Å². The number of aromatic nitrogens is 3. The van der Waals surface area contributed by atoms with Gasteiger partial charge in [-0.3, -0.25) is 9.88 Å². The first kappa shape index (κ1) is 29.7. The molecule has 1 aliphatic carbocycles. The number of hydrogen-bond donors (Lipinski definition) is 2. The van der Waals surface area contributed by atoms with Gasteiger partial charge in [-0.05, 0) is 85.0 Å². The Morgan fingerprint density at radius 3 is 2.70 bits per heavy atom. The minimum Gasteiger partial charge on any atom is -0.508 e. The number of nitrogens with zero attached hydrogens (tertiary/aromatic N) is 5. The molecule has 8 rings (SSSR count). The molecule has 2 aromatic heterocycles. The molecule has 4 fully saturated rings. The molecule has 0 amide bonds. The number of anilines is 1. The number of alkyl halides is 1. The summed E-state index contributed by atoms with van der Waals surface area (Å²) in [5.74, 6) is -0.828. The fourth-order valence-corrected chi connectivity index (χ4v) is 8.75. The fourth-order valence-electron chi connectivity index (χ4n) is 8.75. The number of β-amino-alcohol motifs (C(OH)–C–C–N with tert-alkyl or cyclic N) is 1. The molecule has 242 valence electrons. The van der Waals surface area contributed by atoms with Crippen molar-refractivity contribution < 1.29 is 28.1 Å². The van der Waals surface area contributed by atoms with Crippen LogP contribution >= 0.6 is 0 Å². The third-order valence-corrected chi connectivity index (χ3v) is 11.0. The lowest BCUT2D eigenvalue weighted by atomic mass is 9.64. The maximum atomic E-state index is 16.9. The average Bonchev–Trinajstić information content (AvgIpc) is 3.54. The van der Waals surface area contributed by atoms with Crippen LogP contribution < -0.4 is 9.64 Å². The second kappa shape index (κ2) is 10.9. The molecular formula is C35H38F3N5O3. The fraction of sp³-hybridized carbons (Fsp3) is 0.514. The molecule has 4 aromatic rings. The zero-order valence-corrected chi connectivity index (χ0v) is 25.9. The van der Waals surface area contributed by atoms with Crippen molar-refractivity contribution in [3.8, 4) is 23.0 Å². The Morgan fingerprint density at radius 2 is 1.91 bits per heavy atom. The average molecular weight is 634 g/mol. The highest BCUT2D eigenvalue weighted by Gasteiger charge is 2.49. The van der Waals surface area contributed by atoms with Gasteiger partial charge in [0.2, 0.25) is 0 Å². The SMILES string of the molecule is CCc1c(F)ccc2cc(O)cc(-c3ncc4c(N5CC(O)CC6(CCC6)C5)nc(OC[C@@]56CCCN5C[C@H](F)C6)nc4c3F)c12. The summed E-state index contributed by atoms with van der Waals surface area (Å²) in [6.07, 6.45) is 6.36. The molecule has 8 nitrogen and oxygen atoms in total. The summed E-state index contributed by atoms with van der Waals surface area (Å²) in [7, 11) is 0. The number of fused-ring (bicyclic) bond motifs is 3. The Kier molecular flexibility index (Phi) is 7.06. The number of rotatable bonds is 6. The van der Waals surface area contributed by atoms with Crippen molar-refractivity contribution in [2.75, 3.05) is 37.7 Å². The summed E-state index contributed by atoms with van der Waals surface area (Å²) in [6.45, 7) is 4.18. The van der Waals surface area contributed by atoms with E-state index in [1.807, 2.05) is 11.8 Å². The van der Waals surface area contributed by atoms with Gasteiger partial charge >= 0.3 is 6.01 Å². The van der Waals surface area contributed by atoms with E-state index >= 15 is 4.39 Å². The lowest BCUT2D eigenvalue weighted by molar-refractivity contribution is 0.0238. The van der Waals surface area contributed by atoms with Gasteiger partial charge in [0, 0.05) is 37.8 Å². The lowest BCUT2D eigenvalue weighted by Crippen LogP contribution is -2.53. The standard InChI is InChI=1S/C35H38F3N5O3/c1-2-24-27(37)6-5-20-11-22(44)12-25(28(20)24)30-29(38)31-26(15-39-30)32(42-17-23(45)14-34(18-42)7-3-8-34)41-33(40-31)46-19-35-9-4-10-43(35)16-21(36)13-35/h5-6,11-12,15,21,23,44-45H,2-4,7-10,13-14,16-19H2,1H3/t21-,23?,35+/m1/s1. The third-order valence-electron chi connectivity index (χ3n) is 11.0. The number of ether oxygens (including phenoxy) is 1. The molecule has 0 radical (unpaired) electrons. The van der Waals surface area contributed by atoms with Crippen LogP contribution in [0.3, 0.4) is 0 Å². The van der Waals surface area contributed by atoms with Gasteiger partial charge in [0.1, 0.15) is 41.4 Å². The van der Waals surface area contributed by atoms with Crippen LogP contribution in [0.25, 0.3) is 32.9 Å². The van der Waals surface area contributed by atoms with Crippen LogP contribution in [-0.2, 0) is 6.42 Å². The molecule has 2 N–H and O–H groups in total. The van der Waals surface area contributed by atoms with Gasteiger partial charge in [-0.1, -0.05) is 19.4 Å². The Morgan fingerprint density at radius 1 is 1.07 bits per heavy atom. The Bertz CT molecular complexity index is 1850. The minimum absolute atomic E-state index is 0.0192. The second-order valence-electron chi connectivity index (χ2n) is 13.9. The quantitative estimate of drug-likeness (QED) is 0.264.